The molecular formula is C31H28F4N6O3S. The lowest BCUT2D eigenvalue weighted by atomic mass is 10.0. The summed E-state index contributed by atoms with van der Waals surface area (Å²) in [5.74, 6) is 0.0496. The lowest BCUT2D eigenvalue weighted by Gasteiger charge is -2.22. The number of ether oxygens (including phenoxy) is 1. The number of amides is 3. The molecule has 2 heterocycles. The highest BCUT2D eigenvalue weighted by molar-refractivity contribution is 8.15. The van der Waals surface area contributed by atoms with Gasteiger partial charge in [-0.05, 0) is 54.3 Å². The molecule has 2 atom stereocenters. The standard InChI is InChI=1S/C31H28F4N6O3S/c1-18(2)24-6-4-5-7-25(24)41-26(42)16-45-30(41)38-29(43)37-19(3)27(32)20-8-10-21(11-9-20)28-36-17-40(39-28)22-12-14-23(15-13-22)44-31(33,34)35/h4-15,17-19,27H,16H2,1-3H3,(H,37,43). The van der Waals surface area contributed by atoms with Crippen molar-refractivity contribution in [1.29, 1.82) is 0 Å². The third-order valence-electron chi connectivity index (χ3n) is 6.87. The number of amidine groups is 1. The number of aliphatic imine (C=N–C) groups is 1. The summed E-state index contributed by atoms with van der Waals surface area (Å²) >= 11 is 1.15. The summed E-state index contributed by atoms with van der Waals surface area (Å²) in [7, 11) is 0. The van der Waals surface area contributed by atoms with E-state index in [0.29, 0.717) is 28.3 Å². The van der Waals surface area contributed by atoms with E-state index in [2.05, 4.69) is 25.1 Å². The average molecular weight is 641 g/mol. The first-order valence-corrected chi connectivity index (χ1v) is 14.8. The van der Waals surface area contributed by atoms with Gasteiger partial charge in [-0.3, -0.25) is 9.69 Å². The van der Waals surface area contributed by atoms with E-state index < -0.39 is 24.6 Å². The third-order valence-corrected chi connectivity index (χ3v) is 7.79. The smallest absolute Gasteiger partial charge is 0.406 e. The highest BCUT2D eigenvalue weighted by atomic mass is 32.2. The number of halogens is 4. The highest BCUT2D eigenvalue weighted by Gasteiger charge is 2.33. The van der Waals surface area contributed by atoms with E-state index in [1.165, 1.54) is 47.1 Å². The van der Waals surface area contributed by atoms with Gasteiger partial charge in [0.15, 0.2) is 11.0 Å². The van der Waals surface area contributed by atoms with Gasteiger partial charge in [0.1, 0.15) is 18.2 Å². The number of urea groups is 1. The molecule has 234 valence electrons. The van der Waals surface area contributed by atoms with Crippen LogP contribution in [0, 0.1) is 0 Å². The van der Waals surface area contributed by atoms with Crippen LogP contribution in [0.1, 0.15) is 44.0 Å². The lowest BCUT2D eigenvalue weighted by Crippen LogP contribution is -2.36. The van der Waals surface area contributed by atoms with Gasteiger partial charge >= 0.3 is 12.4 Å². The number of thioether (sulfide) groups is 1. The molecular weight excluding hydrogens is 612 g/mol. The van der Waals surface area contributed by atoms with Crippen molar-refractivity contribution in [2.75, 3.05) is 10.7 Å². The van der Waals surface area contributed by atoms with Gasteiger partial charge in [0, 0.05) is 5.56 Å². The number of alkyl halides is 4. The van der Waals surface area contributed by atoms with E-state index in [1.54, 1.807) is 24.3 Å². The van der Waals surface area contributed by atoms with Crippen LogP contribution in [0.4, 0.5) is 28.0 Å². The monoisotopic (exact) mass is 640 g/mol. The first kappa shape index (κ1) is 31.7. The van der Waals surface area contributed by atoms with Crippen LogP contribution in [0.15, 0.2) is 84.1 Å². The molecule has 1 saturated heterocycles. The van der Waals surface area contributed by atoms with Crippen LogP contribution in [0.5, 0.6) is 5.75 Å². The Kier molecular flexibility index (Phi) is 9.23. The van der Waals surface area contributed by atoms with Crippen LogP contribution >= 0.6 is 11.8 Å². The summed E-state index contributed by atoms with van der Waals surface area (Å²) in [5, 5.41) is 7.14. The molecule has 1 aromatic heterocycles. The number of nitrogens with zero attached hydrogens (tertiary/aromatic N) is 5. The maximum Gasteiger partial charge on any atom is 0.573 e. The van der Waals surface area contributed by atoms with Gasteiger partial charge in [-0.15, -0.1) is 18.3 Å². The summed E-state index contributed by atoms with van der Waals surface area (Å²) in [6, 6.07) is 17.2. The molecule has 1 fully saturated rings. The van der Waals surface area contributed by atoms with Crippen molar-refractivity contribution in [3.8, 4) is 22.8 Å². The molecule has 45 heavy (non-hydrogen) atoms. The molecule has 3 amide bonds. The Morgan fingerprint density at radius 2 is 1.71 bits per heavy atom. The minimum atomic E-state index is -4.79. The highest BCUT2D eigenvalue weighted by Crippen LogP contribution is 2.33. The Labute approximate surface area is 260 Å². The van der Waals surface area contributed by atoms with Crippen molar-refractivity contribution in [3.05, 3.63) is 90.3 Å². The Bertz CT molecular complexity index is 1710. The summed E-state index contributed by atoms with van der Waals surface area (Å²) < 4.78 is 57.9. The van der Waals surface area contributed by atoms with Gasteiger partial charge < -0.3 is 10.1 Å². The second-order valence-corrected chi connectivity index (χ2v) is 11.4. The predicted molar refractivity (Wildman–Crippen MR) is 163 cm³/mol. The Morgan fingerprint density at radius 3 is 2.38 bits per heavy atom. The summed E-state index contributed by atoms with van der Waals surface area (Å²) in [5.41, 5.74) is 2.95. The zero-order chi connectivity index (χ0) is 32.3. The Balaban J connectivity index is 1.23. The van der Waals surface area contributed by atoms with Gasteiger partial charge in [0.2, 0.25) is 5.91 Å². The van der Waals surface area contributed by atoms with Crippen LogP contribution < -0.4 is 15.0 Å². The first-order chi connectivity index (χ1) is 21.4. The lowest BCUT2D eigenvalue weighted by molar-refractivity contribution is -0.274. The number of anilines is 1. The first-order valence-electron chi connectivity index (χ1n) is 13.9. The third kappa shape index (κ3) is 7.51. The summed E-state index contributed by atoms with van der Waals surface area (Å²) in [4.78, 5) is 35.3. The zero-order valence-electron chi connectivity index (χ0n) is 24.3. The van der Waals surface area contributed by atoms with Crippen LogP contribution in [-0.2, 0) is 4.79 Å². The number of rotatable bonds is 8. The maximum atomic E-state index is 15.4. The molecule has 0 radical (unpaired) electrons. The van der Waals surface area contributed by atoms with Gasteiger partial charge in [-0.2, -0.15) is 4.99 Å². The van der Waals surface area contributed by atoms with E-state index in [9.17, 15) is 22.8 Å². The molecule has 3 aromatic carbocycles. The van der Waals surface area contributed by atoms with E-state index in [-0.39, 0.29) is 28.5 Å². The number of para-hydroxylation sites is 1. The van der Waals surface area contributed by atoms with Gasteiger partial charge in [0.05, 0.1) is 23.2 Å². The van der Waals surface area contributed by atoms with Crippen molar-refractivity contribution in [1.82, 2.24) is 20.1 Å². The van der Waals surface area contributed by atoms with Crippen molar-refractivity contribution in [3.63, 3.8) is 0 Å². The van der Waals surface area contributed by atoms with E-state index in [0.717, 1.165) is 17.3 Å². The fourth-order valence-electron chi connectivity index (χ4n) is 4.67. The largest absolute Gasteiger partial charge is 0.573 e. The molecule has 1 aliphatic heterocycles. The van der Waals surface area contributed by atoms with Gasteiger partial charge in [-0.25, -0.2) is 18.9 Å². The number of carbonyl (C=O) groups excluding carboxylic acids is 2. The Morgan fingerprint density at radius 1 is 1.02 bits per heavy atom. The maximum absolute atomic E-state index is 15.4. The molecule has 0 bridgehead atoms. The van der Waals surface area contributed by atoms with E-state index in [1.807, 2.05) is 38.1 Å². The predicted octanol–water partition coefficient (Wildman–Crippen LogP) is 7.20. The topological polar surface area (TPSA) is 102 Å². The molecule has 0 spiro atoms. The average Bonchev–Trinajstić information content (AvgIpc) is 3.63. The quantitative estimate of drug-likeness (QED) is 0.205. The number of benzene rings is 3. The van der Waals surface area contributed by atoms with Crippen LogP contribution in [0.3, 0.4) is 0 Å². The van der Waals surface area contributed by atoms with Crippen LogP contribution in [-0.4, -0.2) is 50.0 Å². The SMILES string of the molecule is CC(C)c1ccccc1N1C(=O)CSC1=NC(=O)NC(C)C(F)c1ccc(-c2ncn(-c3ccc(OC(F)(F)F)cc3)n2)cc1. The van der Waals surface area contributed by atoms with Gasteiger partial charge in [-0.1, -0.05) is 68.1 Å². The second-order valence-electron chi connectivity index (χ2n) is 10.4. The normalized spacial score (nSPS) is 15.9. The van der Waals surface area contributed by atoms with Crippen LogP contribution in [0.2, 0.25) is 0 Å². The summed E-state index contributed by atoms with van der Waals surface area (Å²) in [6.07, 6.45) is -4.95. The second kappa shape index (κ2) is 13.1. The molecule has 0 aliphatic carbocycles. The van der Waals surface area contributed by atoms with Crippen molar-refractivity contribution in [2.45, 2.75) is 45.3 Å². The molecule has 14 heteroatoms. The molecule has 1 aliphatic rings. The molecule has 4 aromatic rings. The molecule has 9 nitrogen and oxygen atoms in total. The summed E-state index contributed by atoms with van der Waals surface area (Å²) in [6.45, 7) is 5.54. The fraction of sp³-hybridized carbons (Fsp3) is 0.258. The molecule has 5 rings (SSSR count). The van der Waals surface area contributed by atoms with Gasteiger partial charge in [0.25, 0.3) is 0 Å². The number of hydrogen-bond acceptors (Lipinski definition) is 6. The van der Waals surface area contributed by atoms with Crippen molar-refractivity contribution >= 4 is 34.6 Å². The zero-order valence-corrected chi connectivity index (χ0v) is 25.1. The minimum Gasteiger partial charge on any atom is -0.406 e. The number of carbonyl (C=O) groups is 2. The fourth-order valence-corrected chi connectivity index (χ4v) is 5.53. The minimum absolute atomic E-state index is 0.141. The number of aromatic nitrogens is 3. The molecule has 1 N–H and O–H groups in total. The molecule has 0 saturated carbocycles. The van der Waals surface area contributed by atoms with Crippen LogP contribution in [0.25, 0.3) is 17.1 Å². The van der Waals surface area contributed by atoms with Crippen molar-refractivity contribution in [2.24, 2.45) is 4.99 Å². The number of hydrogen-bond donors (Lipinski definition) is 1. The molecule has 2 unspecified atom stereocenters. The van der Waals surface area contributed by atoms with Crippen molar-refractivity contribution < 1.29 is 31.9 Å². The van der Waals surface area contributed by atoms with E-state index in [4.69, 9.17) is 0 Å². The number of nitrogens with one attached hydrogen (secondary N) is 1. The van der Waals surface area contributed by atoms with E-state index >= 15 is 4.39 Å². The Hall–Kier alpha value is -4.72.